The number of hydrogen-bond donors (Lipinski definition) is 1. The summed E-state index contributed by atoms with van der Waals surface area (Å²) in [4.78, 5) is 29.0. The van der Waals surface area contributed by atoms with Gasteiger partial charge in [0.15, 0.2) is 16.9 Å². The standard InChI is InChI=1S/C21H20N2O4S/c1-14(19(24)16-8-10-17(26-2)11-9-16)27-20(25)18-13-28-21(23-18)22-12-15-6-4-3-5-7-15/h3-11,13-14H,12H2,1-2H3,(H,22,23)/t14-/m1/s1. The molecule has 1 N–H and O–H groups in total. The van der Waals surface area contributed by atoms with Crippen molar-refractivity contribution in [2.45, 2.75) is 19.6 Å². The van der Waals surface area contributed by atoms with Crippen molar-refractivity contribution in [1.82, 2.24) is 4.98 Å². The van der Waals surface area contributed by atoms with Crippen molar-refractivity contribution in [2.24, 2.45) is 0 Å². The predicted molar refractivity (Wildman–Crippen MR) is 108 cm³/mol. The number of ether oxygens (including phenoxy) is 2. The third-order valence-electron chi connectivity index (χ3n) is 4.03. The molecular formula is C21H20N2O4S. The van der Waals surface area contributed by atoms with E-state index in [0.29, 0.717) is 23.0 Å². The molecule has 0 aliphatic heterocycles. The third kappa shape index (κ3) is 4.95. The topological polar surface area (TPSA) is 77.5 Å². The highest BCUT2D eigenvalue weighted by atomic mass is 32.1. The molecule has 0 unspecified atom stereocenters. The number of Topliss-reactive ketones (excluding diaryl/α,β-unsaturated/α-hetero) is 1. The number of nitrogens with zero attached hydrogens (tertiary/aromatic N) is 1. The Balaban J connectivity index is 1.56. The van der Waals surface area contributed by atoms with Crippen LogP contribution in [0.5, 0.6) is 5.75 Å². The lowest BCUT2D eigenvalue weighted by molar-refractivity contribution is 0.0314. The van der Waals surface area contributed by atoms with Crippen molar-refractivity contribution in [3.8, 4) is 5.75 Å². The maximum Gasteiger partial charge on any atom is 0.358 e. The van der Waals surface area contributed by atoms with Gasteiger partial charge in [0.1, 0.15) is 5.75 Å². The SMILES string of the molecule is COc1ccc(C(=O)[C@@H](C)OC(=O)c2csc(NCc3ccccc3)n2)cc1. The summed E-state index contributed by atoms with van der Waals surface area (Å²) >= 11 is 1.31. The first-order chi connectivity index (χ1) is 13.6. The largest absolute Gasteiger partial charge is 0.497 e. The van der Waals surface area contributed by atoms with E-state index in [0.717, 1.165) is 5.56 Å². The van der Waals surface area contributed by atoms with Gasteiger partial charge in [-0.25, -0.2) is 9.78 Å². The van der Waals surface area contributed by atoms with E-state index >= 15 is 0 Å². The Morgan fingerprint density at radius 2 is 1.82 bits per heavy atom. The van der Waals surface area contributed by atoms with E-state index in [2.05, 4.69) is 10.3 Å². The van der Waals surface area contributed by atoms with Crippen LogP contribution in [0.4, 0.5) is 5.13 Å². The maximum absolute atomic E-state index is 12.4. The second kappa shape index (κ2) is 9.14. The minimum absolute atomic E-state index is 0.176. The minimum Gasteiger partial charge on any atom is -0.497 e. The van der Waals surface area contributed by atoms with E-state index in [-0.39, 0.29) is 11.5 Å². The molecule has 0 saturated heterocycles. The first kappa shape index (κ1) is 19.6. The van der Waals surface area contributed by atoms with Crippen LogP contribution < -0.4 is 10.1 Å². The number of anilines is 1. The molecular weight excluding hydrogens is 376 g/mol. The first-order valence-corrected chi connectivity index (χ1v) is 9.57. The van der Waals surface area contributed by atoms with Gasteiger partial charge < -0.3 is 14.8 Å². The van der Waals surface area contributed by atoms with Gasteiger partial charge in [0.05, 0.1) is 7.11 Å². The van der Waals surface area contributed by atoms with Crippen LogP contribution >= 0.6 is 11.3 Å². The Bertz CT molecular complexity index is 939. The Hall–Kier alpha value is -3.19. The number of ketones is 1. The summed E-state index contributed by atoms with van der Waals surface area (Å²) in [7, 11) is 1.55. The summed E-state index contributed by atoms with van der Waals surface area (Å²) in [5.74, 6) is -0.258. The molecule has 0 aliphatic rings. The van der Waals surface area contributed by atoms with Crippen molar-refractivity contribution in [2.75, 3.05) is 12.4 Å². The summed E-state index contributed by atoms with van der Waals surface area (Å²) in [6.07, 6.45) is -0.914. The average Bonchev–Trinajstić information content (AvgIpc) is 3.22. The van der Waals surface area contributed by atoms with Crippen LogP contribution in [0.1, 0.15) is 33.3 Å². The number of thiazole rings is 1. The van der Waals surface area contributed by atoms with Gasteiger partial charge in [-0.05, 0) is 36.8 Å². The molecule has 144 valence electrons. The zero-order valence-corrected chi connectivity index (χ0v) is 16.4. The molecule has 0 amide bonds. The molecule has 1 atom stereocenters. The Morgan fingerprint density at radius 3 is 2.50 bits per heavy atom. The van der Waals surface area contributed by atoms with Crippen molar-refractivity contribution in [3.05, 3.63) is 76.8 Å². The van der Waals surface area contributed by atoms with E-state index in [1.54, 1.807) is 43.7 Å². The Kier molecular flexibility index (Phi) is 6.39. The number of aromatic nitrogens is 1. The molecule has 6 nitrogen and oxygen atoms in total. The number of methoxy groups -OCH3 is 1. The van der Waals surface area contributed by atoms with Gasteiger partial charge in [-0.15, -0.1) is 11.3 Å². The molecule has 2 aromatic carbocycles. The molecule has 3 rings (SSSR count). The Labute approximate surface area is 167 Å². The van der Waals surface area contributed by atoms with Gasteiger partial charge in [-0.2, -0.15) is 0 Å². The van der Waals surface area contributed by atoms with Crippen LogP contribution in [0.3, 0.4) is 0 Å². The molecule has 28 heavy (non-hydrogen) atoms. The molecule has 0 radical (unpaired) electrons. The van der Waals surface area contributed by atoms with Crippen LogP contribution in [0.25, 0.3) is 0 Å². The highest BCUT2D eigenvalue weighted by Gasteiger charge is 2.22. The molecule has 3 aromatic rings. The van der Waals surface area contributed by atoms with Gasteiger partial charge in [0, 0.05) is 17.5 Å². The molecule has 0 fully saturated rings. The predicted octanol–water partition coefficient (Wildman–Crippen LogP) is 4.19. The van der Waals surface area contributed by atoms with E-state index in [1.165, 1.54) is 11.3 Å². The quantitative estimate of drug-likeness (QED) is 0.454. The molecule has 1 aromatic heterocycles. The smallest absolute Gasteiger partial charge is 0.358 e. The minimum atomic E-state index is -0.914. The van der Waals surface area contributed by atoms with Gasteiger partial charge in [-0.1, -0.05) is 30.3 Å². The van der Waals surface area contributed by atoms with Gasteiger partial charge in [0.2, 0.25) is 5.78 Å². The molecule has 0 aliphatic carbocycles. The number of nitrogens with one attached hydrogen (secondary N) is 1. The monoisotopic (exact) mass is 396 g/mol. The van der Waals surface area contributed by atoms with Crippen molar-refractivity contribution in [3.63, 3.8) is 0 Å². The van der Waals surface area contributed by atoms with E-state index in [4.69, 9.17) is 9.47 Å². The average molecular weight is 396 g/mol. The lowest BCUT2D eigenvalue weighted by Gasteiger charge is -2.11. The fourth-order valence-corrected chi connectivity index (χ4v) is 3.17. The van der Waals surface area contributed by atoms with Crippen LogP contribution in [0.15, 0.2) is 60.0 Å². The molecule has 0 bridgehead atoms. The summed E-state index contributed by atoms with van der Waals surface area (Å²) in [5.41, 5.74) is 1.74. The van der Waals surface area contributed by atoms with Crippen molar-refractivity contribution in [1.29, 1.82) is 0 Å². The summed E-state index contributed by atoms with van der Waals surface area (Å²) in [5, 5.41) is 5.40. The molecule has 0 saturated carbocycles. The van der Waals surface area contributed by atoms with Gasteiger partial charge in [-0.3, -0.25) is 4.79 Å². The third-order valence-corrected chi connectivity index (χ3v) is 4.83. The van der Waals surface area contributed by atoms with Crippen molar-refractivity contribution < 1.29 is 19.1 Å². The van der Waals surface area contributed by atoms with Gasteiger partial charge in [0.25, 0.3) is 0 Å². The van der Waals surface area contributed by atoms with Crippen LogP contribution in [0.2, 0.25) is 0 Å². The van der Waals surface area contributed by atoms with E-state index in [9.17, 15) is 9.59 Å². The summed E-state index contributed by atoms with van der Waals surface area (Å²) in [6.45, 7) is 2.15. The molecule has 1 heterocycles. The summed E-state index contributed by atoms with van der Waals surface area (Å²) in [6, 6.07) is 16.5. The number of carbonyl (C=O) groups excluding carboxylic acids is 2. The highest BCUT2D eigenvalue weighted by Crippen LogP contribution is 2.19. The number of rotatable bonds is 8. The van der Waals surface area contributed by atoms with Crippen LogP contribution in [0, 0.1) is 0 Å². The van der Waals surface area contributed by atoms with Gasteiger partial charge >= 0.3 is 5.97 Å². The maximum atomic E-state index is 12.4. The van der Waals surface area contributed by atoms with E-state index in [1.807, 2.05) is 30.3 Å². The number of hydrogen-bond acceptors (Lipinski definition) is 7. The molecule has 7 heteroatoms. The number of benzene rings is 2. The second-order valence-corrected chi connectivity index (χ2v) is 6.88. The second-order valence-electron chi connectivity index (χ2n) is 6.02. The highest BCUT2D eigenvalue weighted by molar-refractivity contribution is 7.13. The number of carbonyl (C=O) groups is 2. The van der Waals surface area contributed by atoms with Crippen molar-refractivity contribution >= 4 is 28.2 Å². The first-order valence-electron chi connectivity index (χ1n) is 8.69. The lowest BCUT2D eigenvalue weighted by Crippen LogP contribution is -2.24. The fraction of sp³-hybridized carbons (Fsp3) is 0.190. The van der Waals surface area contributed by atoms with E-state index < -0.39 is 12.1 Å². The normalized spacial score (nSPS) is 11.5. The zero-order chi connectivity index (χ0) is 19.9. The Morgan fingerprint density at radius 1 is 1.11 bits per heavy atom. The lowest BCUT2D eigenvalue weighted by atomic mass is 10.1. The number of esters is 1. The summed E-state index contributed by atoms with van der Waals surface area (Å²) < 4.78 is 10.4. The van der Waals surface area contributed by atoms with Crippen LogP contribution in [-0.2, 0) is 11.3 Å². The molecule has 0 spiro atoms. The van der Waals surface area contributed by atoms with Crippen LogP contribution in [-0.4, -0.2) is 30.0 Å². The zero-order valence-electron chi connectivity index (χ0n) is 15.5. The fourth-order valence-electron chi connectivity index (χ4n) is 2.49.